The molecule has 4 aromatic rings. The minimum atomic E-state index is -0.173. The summed E-state index contributed by atoms with van der Waals surface area (Å²) in [5.74, 6) is 2.10. The molecule has 0 aliphatic heterocycles. The van der Waals surface area contributed by atoms with Crippen molar-refractivity contribution >= 4 is 16.9 Å². The molecule has 6 heteroatoms. The van der Waals surface area contributed by atoms with Crippen molar-refractivity contribution in [3.63, 3.8) is 0 Å². The lowest BCUT2D eigenvalue weighted by Gasteiger charge is -2.12. The first-order chi connectivity index (χ1) is 15.1. The fourth-order valence-corrected chi connectivity index (χ4v) is 3.50. The Bertz CT molecular complexity index is 1200. The minimum absolute atomic E-state index is 0.173. The van der Waals surface area contributed by atoms with Crippen LogP contribution in [0.3, 0.4) is 0 Å². The number of para-hydroxylation sites is 2. The van der Waals surface area contributed by atoms with Gasteiger partial charge in [-0.3, -0.25) is 4.79 Å². The maximum absolute atomic E-state index is 12.6. The van der Waals surface area contributed by atoms with Gasteiger partial charge in [0.25, 0.3) is 5.91 Å². The SMILES string of the molecule is COc1cccc(C(=O)NCc2nc3ccccc3n2CCOc2cccc(C)c2)c1. The third kappa shape index (κ3) is 4.86. The molecule has 3 aromatic carbocycles. The Kier molecular flexibility index (Phi) is 6.17. The molecule has 1 aromatic heterocycles. The molecule has 0 atom stereocenters. The molecule has 6 nitrogen and oxygen atoms in total. The van der Waals surface area contributed by atoms with Crippen molar-refractivity contribution in [2.24, 2.45) is 0 Å². The van der Waals surface area contributed by atoms with E-state index in [0.29, 0.717) is 31.0 Å². The number of hydrogen-bond donors (Lipinski definition) is 1. The van der Waals surface area contributed by atoms with Gasteiger partial charge < -0.3 is 19.4 Å². The van der Waals surface area contributed by atoms with Gasteiger partial charge in [0, 0.05) is 5.56 Å². The molecule has 0 radical (unpaired) electrons. The molecule has 0 fully saturated rings. The van der Waals surface area contributed by atoms with Gasteiger partial charge in [0.15, 0.2) is 0 Å². The Morgan fingerprint density at radius 3 is 2.65 bits per heavy atom. The molecule has 0 aliphatic carbocycles. The number of hydrogen-bond acceptors (Lipinski definition) is 4. The maximum atomic E-state index is 12.6. The highest BCUT2D eigenvalue weighted by Crippen LogP contribution is 2.18. The molecule has 31 heavy (non-hydrogen) atoms. The van der Waals surface area contributed by atoms with Crippen LogP contribution in [0.25, 0.3) is 11.0 Å². The van der Waals surface area contributed by atoms with Crippen molar-refractivity contribution in [1.29, 1.82) is 0 Å². The van der Waals surface area contributed by atoms with E-state index in [4.69, 9.17) is 14.5 Å². The zero-order chi connectivity index (χ0) is 21.6. The minimum Gasteiger partial charge on any atom is -0.497 e. The summed E-state index contributed by atoms with van der Waals surface area (Å²) in [6.07, 6.45) is 0. The van der Waals surface area contributed by atoms with E-state index in [2.05, 4.69) is 9.88 Å². The van der Waals surface area contributed by atoms with Crippen molar-refractivity contribution < 1.29 is 14.3 Å². The normalized spacial score (nSPS) is 10.8. The Morgan fingerprint density at radius 2 is 1.81 bits per heavy atom. The third-order valence-corrected chi connectivity index (χ3v) is 5.05. The van der Waals surface area contributed by atoms with E-state index < -0.39 is 0 Å². The van der Waals surface area contributed by atoms with Crippen molar-refractivity contribution in [3.05, 3.63) is 89.7 Å². The first-order valence-electron chi connectivity index (χ1n) is 10.2. The van der Waals surface area contributed by atoms with Crippen molar-refractivity contribution in [1.82, 2.24) is 14.9 Å². The third-order valence-electron chi connectivity index (χ3n) is 5.05. The van der Waals surface area contributed by atoms with Crippen molar-refractivity contribution in [2.75, 3.05) is 13.7 Å². The molecular formula is C25H25N3O3. The number of carbonyl (C=O) groups is 1. The lowest BCUT2D eigenvalue weighted by molar-refractivity contribution is 0.0949. The van der Waals surface area contributed by atoms with Gasteiger partial charge in [-0.1, -0.05) is 30.3 Å². The van der Waals surface area contributed by atoms with E-state index >= 15 is 0 Å². The zero-order valence-corrected chi connectivity index (χ0v) is 17.7. The number of nitrogens with one attached hydrogen (secondary N) is 1. The lowest BCUT2D eigenvalue weighted by atomic mass is 10.2. The summed E-state index contributed by atoms with van der Waals surface area (Å²) in [6, 6.07) is 23.0. The average molecular weight is 415 g/mol. The van der Waals surface area contributed by atoms with Gasteiger partial charge in [-0.15, -0.1) is 0 Å². The first kappa shape index (κ1) is 20.5. The molecule has 0 saturated heterocycles. The number of aryl methyl sites for hydroxylation is 1. The van der Waals surface area contributed by atoms with Crippen LogP contribution in [0.4, 0.5) is 0 Å². The second-order valence-corrected chi connectivity index (χ2v) is 7.25. The molecule has 0 saturated carbocycles. The quantitative estimate of drug-likeness (QED) is 0.464. The summed E-state index contributed by atoms with van der Waals surface area (Å²) in [6.45, 7) is 3.48. The predicted molar refractivity (Wildman–Crippen MR) is 121 cm³/mol. The number of methoxy groups -OCH3 is 1. The molecule has 1 N–H and O–H groups in total. The van der Waals surface area contributed by atoms with Gasteiger partial charge in [-0.05, 0) is 55.0 Å². The van der Waals surface area contributed by atoms with Gasteiger partial charge in [0.1, 0.15) is 23.9 Å². The number of imidazole rings is 1. The maximum Gasteiger partial charge on any atom is 0.251 e. The summed E-state index contributed by atoms with van der Waals surface area (Å²) < 4.78 is 13.2. The summed E-state index contributed by atoms with van der Waals surface area (Å²) in [7, 11) is 1.58. The Hall–Kier alpha value is -3.80. The van der Waals surface area contributed by atoms with Crippen LogP contribution in [0, 0.1) is 6.92 Å². The van der Waals surface area contributed by atoms with Crippen LogP contribution in [0.15, 0.2) is 72.8 Å². The molecule has 0 unspecified atom stereocenters. The van der Waals surface area contributed by atoms with E-state index in [1.165, 1.54) is 0 Å². The zero-order valence-electron chi connectivity index (χ0n) is 17.7. The average Bonchev–Trinajstić information content (AvgIpc) is 3.15. The molecule has 4 rings (SSSR count). The van der Waals surface area contributed by atoms with Crippen molar-refractivity contribution in [2.45, 2.75) is 20.0 Å². The summed E-state index contributed by atoms with van der Waals surface area (Å²) in [5, 5.41) is 2.96. The topological polar surface area (TPSA) is 65.4 Å². The van der Waals surface area contributed by atoms with E-state index in [1.807, 2.05) is 61.5 Å². The van der Waals surface area contributed by atoms with Crippen LogP contribution in [0.1, 0.15) is 21.7 Å². The highest BCUT2D eigenvalue weighted by Gasteiger charge is 2.13. The monoisotopic (exact) mass is 415 g/mol. The molecule has 0 bridgehead atoms. The molecule has 0 aliphatic rings. The number of rotatable bonds is 8. The van der Waals surface area contributed by atoms with E-state index in [9.17, 15) is 4.79 Å². The molecule has 158 valence electrons. The Balaban J connectivity index is 1.48. The van der Waals surface area contributed by atoms with Gasteiger partial charge in [-0.25, -0.2) is 4.98 Å². The highest BCUT2D eigenvalue weighted by atomic mass is 16.5. The van der Waals surface area contributed by atoms with Crippen LogP contribution < -0.4 is 14.8 Å². The molecule has 1 amide bonds. The molecular weight excluding hydrogens is 390 g/mol. The Morgan fingerprint density at radius 1 is 1.00 bits per heavy atom. The number of ether oxygens (including phenoxy) is 2. The smallest absolute Gasteiger partial charge is 0.251 e. The van der Waals surface area contributed by atoms with Crippen LogP contribution in [-0.4, -0.2) is 29.2 Å². The fourth-order valence-electron chi connectivity index (χ4n) is 3.50. The van der Waals surface area contributed by atoms with Gasteiger partial charge in [0.2, 0.25) is 0 Å². The van der Waals surface area contributed by atoms with E-state index in [1.54, 1.807) is 25.3 Å². The molecule has 0 spiro atoms. The Labute approximate surface area is 181 Å². The van der Waals surface area contributed by atoms with Crippen LogP contribution >= 0.6 is 0 Å². The lowest BCUT2D eigenvalue weighted by Crippen LogP contribution is -2.25. The largest absolute Gasteiger partial charge is 0.497 e. The standard InChI is InChI=1S/C25H25N3O3/c1-18-7-5-10-21(15-18)31-14-13-28-23-12-4-3-11-22(23)27-24(28)17-26-25(29)19-8-6-9-20(16-19)30-2/h3-12,15-16H,13-14,17H2,1-2H3,(H,26,29). The van der Waals surface area contributed by atoms with Gasteiger partial charge >= 0.3 is 0 Å². The second kappa shape index (κ2) is 9.34. The first-order valence-corrected chi connectivity index (χ1v) is 10.2. The number of fused-ring (bicyclic) bond motifs is 1. The highest BCUT2D eigenvalue weighted by molar-refractivity contribution is 5.94. The summed E-state index contributed by atoms with van der Waals surface area (Å²) in [4.78, 5) is 17.3. The number of carbonyl (C=O) groups excluding carboxylic acids is 1. The predicted octanol–water partition coefficient (Wildman–Crippen LogP) is 4.36. The second-order valence-electron chi connectivity index (χ2n) is 7.25. The number of benzene rings is 3. The van der Waals surface area contributed by atoms with Gasteiger partial charge in [0.05, 0.1) is 31.2 Å². The number of aromatic nitrogens is 2. The number of nitrogens with zero attached hydrogens (tertiary/aromatic N) is 2. The summed E-state index contributed by atoms with van der Waals surface area (Å²) in [5.41, 5.74) is 3.61. The van der Waals surface area contributed by atoms with Crippen LogP contribution in [-0.2, 0) is 13.1 Å². The van der Waals surface area contributed by atoms with E-state index in [-0.39, 0.29) is 5.91 Å². The fraction of sp³-hybridized carbons (Fsp3) is 0.200. The van der Waals surface area contributed by atoms with Crippen LogP contribution in [0.5, 0.6) is 11.5 Å². The van der Waals surface area contributed by atoms with Crippen LogP contribution in [0.2, 0.25) is 0 Å². The summed E-state index contributed by atoms with van der Waals surface area (Å²) >= 11 is 0. The molecule has 1 heterocycles. The van der Waals surface area contributed by atoms with Crippen molar-refractivity contribution in [3.8, 4) is 11.5 Å². The number of amides is 1. The van der Waals surface area contributed by atoms with E-state index in [0.717, 1.165) is 28.2 Å². The van der Waals surface area contributed by atoms with Gasteiger partial charge in [-0.2, -0.15) is 0 Å².